The van der Waals surface area contributed by atoms with Crippen molar-refractivity contribution in [3.63, 3.8) is 0 Å². The van der Waals surface area contributed by atoms with Gasteiger partial charge in [0.05, 0.1) is 0 Å². The number of rotatable bonds is 0. The maximum atomic E-state index is 8.65. The van der Waals surface area contributed by atoms with Gasteiger partial charge >= 0.3 is 29.6 Å². The summed E-state index contributed by atoms with van der Waals surface area (Å²) in [5.74, 6) is 0.176. The molecule has 0 saturated heterocycles. The summed E-state index contributed by atoms with van der Waals surface area (Å²) in [5, 5.41) is 17.3. The molecule has 1 aromatic carbocycles. The van der Waals surface area contributed by atoms with Crippen molar-refractivity contribution in [1.82, 2.24) is 0 Å². The van der Waals surface area contributed by atoms with Gasteiger partial charge in [-0.25, -0.2) is 0 Å². The predicted octanol–water partition coefficient (Wildman–Crippen LogP) is -1.90. The summed E-state index contributed by atoms with van der Waals surface area (Å²) < 4.78 is 0. The van der Waals surface area contributed by atoms with Gasteiger partial charge in [0.1, 0.15) is 11.5 Å². The van der Waals surface area contributed by atoms with Crippen LogP contribution in [0.5, 0.6) is 11.5 Å². The van der Waals surface area contributed by atoms with Crippen LogP contribution in [0.15, 0.2) is 24.3 Å². The molecular weight excluding hydrogens is 127 g/mol. The molecule has 0 heterocycles. The molecule has 0 aliphatic heterocycles. The van der Waals surface area contributed by atoms with Crippen molar-refractivity contribution in [2.75, 3.05) is 0 Å². The van der Waals surface area contributed by atoms with Crippen LogP contribution in [0.2, 0.25) is 0 Å². The monoisotopic (exact) mass is 133 g/mol. The number of hydrogen-bond donors (Lipinski definition) is 2. The van der Waals surface area contributed by atoms with E-state index in [1.165, 1.54) is 18.2 Å². The maximum Gasteiger partial charge on any atom is 1.00 e. The molecule has 42 valence electrons. The molecule has 0 atom stereocenters. The molecule has 0 spiro atoms. The third-order valence-corrected chi connectivity index (χ3v) is 0.830. The molecule has 0 aromatic heterocycles. The van der Waals surface area contributed by atoms with E-state index in [0.717, 1.165) is 0 Å². The zero-order valence-electron chi connectivity index (χ0n) is 5.20. The van der Waals surface area contributed by atoms with E-state index < -0.39 is 0 Å². The van der Waals surface area contributed by atoms with Gasteiger partial charge in [0.15, 0.2) is 0 Å². The van der Waals surface area contributed by atoms with Crippen molar-refractivity contribution in [3.8, 4) is 11.5 Å². The fourth-order valence-corrected chi connectivity index (χ4v) is 0.493. The van der Waals surface area contributed by atoms with E-state index in [-0.39, 0.29) is 41.1 Å². The first kappa shape index (κ1) is 8.82. The van der Waals surface area contributed by atoms with Gasteiger partial charge in [-0.05, 0) is 12.1 Å². The molecule has 0 aliphatic rings. The smallest absolute Gasteiger partial charge is 0.508 e. The number of aromatic hydroxyl groups is 2. The topological polar surface area (TPSA) is 40.5 Å². The van der Waals surface area contributed by atoms with Crippen LogP contribution in [0.4, 0.5) is 0 Å². The molecule has 0 unspecified atom stereocenters. The molecule has 1 rings (SSSR count). The Labute approximate surface area is 75.4 Å². The van der Waals surface area contributed by atoms with Crippen LogP contribution in [0, 0.1) is 0 Å². The van der Waals surface area contributed by atoms with Crippen molar-refractivity contribution in [2.24, 2.45) is 0 Å². The Kier molecular flexibility index (Phi) is 3.70. The molecule has 0 fully saturated rings. The average Bonchev–Trinajstić information content (AvgIpc) is 1.64. The summed E-state index contributed by atoms with van der Waals surface area (Å²) in [6.45, 7) is 0. The van der Waals surface area contributed by atoms with Gasteiger partial charge in [0.2, 0.25) is 0 Å². The van der Waals surface area contributed by atoms with Gasteiger partial charge < -0.3 is 10.2 Å². The van der Waals surface area contributed by atoms with Crippen LogP contribution in [-0.4, -0.2) is 10.2 Å². The Hall–Kier alpha value is -0.180. The molecule has 0 saturated carbocycles. The SMILES string of the molecule is Oc1cccc(O)c1.[Na+]. The molecule has 1 aromatic rings. The van der Waals surface area contributed by atoms with E-state index in [1.807, 2.05) is 0 Å². The summed E-state index contributed by atoms with van der Waals surface area (Å²) in [6.07, 6.45) is 0. The summed E-state index contributed by atoms with van der Waals surface area (Å²) in [7, 11) is 0. The van der Waals surface area contributed by atoms with Crippen LogP contribution < -0.4 is 29.6 Å². The molecule has 0 aliphatic carbocycles. The van der Waals surface area contributed by atoms with Gasteiger partial charge in [-0.1, -0.05) is 6.07 Å². The second kappa shape index (κ2) is 3.77. The summed E-state index contributed by atoms with van der Waals surface area (Å²) in [5.41, 5.74) is 0. The maximum absolute atomic E-state index is 8.65. The van der Waals surface area contributed by atoms with E-state index in [4.69, 9.17) is 10.2 Å². The molecule has 2 nitrogen and oxygen atoms in total. The van der Waals surface area contributed by atoms with Crippen molar-refractivity contribution >= 4 is 0 Å². The molecule has 3 heteroatoms. The third kappa shape index (κ3) is 2.75. The van der Waals surface area contributed by atoms with E-state index in [1.54, 1.807) is 6.07 Å². The fraction of sp³-hybridized carbons (Fsp3) is 0. The van der Waals surface area contributed by atoms with Crippen molar-refractivity contribution in [3.05, 3.63) is 24.3 Å². The van der Waals surface area contributed by atoms with Gasteiger partial charge in [-0.2, -0.15) is 0 Å². The van der Waals surface area contributed by atoms with E-state index in [0.29, 0.717) is 0 Å². The second-order valence-electron chi connectivity index (χ2n) is 1.52. The first-order valence-corrected chi connectivity index (χ1v) is 2.27. The minimum Gasteiger partial charge on any atom is -0.508 e. The number of phenols is 2. The molecule has 2 N–H and O–H groups in total. The van der Waals surface area contributed by atoms with Gasteiger partial charge in [0, 0.05) is 6.07 Å². The molecule has 0 amide bonds. The van der Waals surface area contributed by atoms with Crippen LogP contribution in [0.3, 0.4) is 0 Å². The Morgan fingerprint density at radius 2 is 1.44 bits per heavy atom. The first-order valence-electron chi connectivity index (χ1n) is 2.27. The summed E-state index contributed by atoms with van der Waals surface area (Å²) in [4.78, 5) is 0. The minimum atomic E-state index is 0. The Morgan fingerprint density at radius 1 is 1.00 bits per heavy atom. The average molecular weight is 133 g/mol. The Bertz CT molecular complexity index is 171. The van der Waals surface area contributed by atoms with Crippen molar-refractivity contribution < 1.29 is 39.8 Å². The van der Waals surface area contributed by atoms with Crippen LogP contribution in [0.25, 0.3) is 0 Å². The summed E-state index contributed by atoms with van der Waals surface area (Å²) >= 11 is 0. The van der Waals surface area contributed by atoms with Crippen molar-refractivity contribution in [2.45, 2.75) is 0 Å². The fourth-order valence-electron chi connectivity index (χ4n) is 0.493. The first-order chi connectivity index (χ1) is 3.79. The molecular formula is C6H6NaO2+. The quantitative estimate of drug-likeness (QED) is 0.406. The Morgan fingerprint density at radius 3 is 1.67 bits per heavy atom. The van der Waals surface area contributed by atoms with Gasteiger partial charge in [-0.3, -0.25) is 0 Å². The van der Waals surface area contributed by atoms with Crippen molar-refractivity contribution in [1.29, 1.82) is 0 Å². The minimum absolute atomic E-state index is 0. The van der Waals surface area contributed by atoms with Gasteiger partial charge in [0.25, 0.3) is 0 Å². The van der Waals surface area contributed by atoms with Crippen LogP contribution in [0.1, 0.15) is 0 Å². The van der Waals surface area contributed by atoms with Crippen LogP contribution >= 0.6 is 0 Å². The zero-order valence-corrected chi connectivity index (χ0v) is 7.20. The Balaban J connectivity index is 0.000000640. The third-order valence-electron chi connectivity index (χ3n) is 0.830. The molecule has 0 bridgehead atoms. The van der Waals surface area contributed by atoms with Gasteiger partial charge in [-0.15, -0.1) is 0 Å². The zero-order chi connectivity index (χ0) is 5.98. The number of hydrogen-bond acceptors (Lipinski definition) is 2. The number of phenolic OH excluding ortho intramolecular Hbond substituents is 2. The van der Waals surface area contributed by atoms with E-state index >= 15 is 0 Å². The predicted molar refractivity (Wildman–Crippen MR) is 29.8 cm³/mol. The largest absolute Gasteiger partial charge is 1.00 e. The standard InChI is InChI=1S/C6H6O2.Na/c7-5-2-1-3-6(8)4-5;/h1-4,7-8H;/q;+1. The van der Waals surface area contributed by atoms with E-state index in [2.05, 4.69) is 0 Å². The normalized spacial score (nSPS) is 8.00. The van der Waals surface area contributed by atoms with E-state index in [9.17, 15) is 0 Å². The van der Waals surface area contributed by atoms with Crippen LogP contribution in [-0.2, 0) is 0 Å². The summed E-state index contributed by atoms with van der Waals surface area (Å²) in [6, 6.07) is 5.85. The molecule has 9 heavy (non-hydrogen) atoms. The molecule has 0 radical (unpaired) electrons. The number of benzene rings is 1. The second-order valence-corrected chi connectivity index (χ2v) is 1.52.